The Morgan fingerprint density at radius 3 is 3.07 bits per heavy atom. The molecule has 14 heavy (non-hydrogen) atoms. The van der Waals surface area contributed by atoms with Gasteiger partial charge in [0.2, 0.25) is 0 Å². The lowest BCUT2D eigenvalue weighted by Gasteiger charge is -2.01. The van der Waals surface area contributed by atoms with E-state index in [1.54, 1.807) is 0 Å². The number of hydrogen-bond donors (Lipinski definition) is 2. The van der Waals surface area contributed by atoms with Crippen LogP contribution in [0.5, 0.6) is 5.75 Å². The van der Waals surface area contributed by atoms with Crippen molar-refractivity contribution in [2.75, 3.05) is 6.61 Å². The molecule has 1 aliphatic rings. The highest BCUT2D eigenvalue weighted by molar-refractivity contribution is 5.75. The SMILES string of the molecule is NC(N)=NCc1ccc2c(c1)CCO2. The molecule has 1 aromatic rings. The summed E-state index contributed by atoms with van der Waals surface area (Å²) in [5.41, 5.74) is 12.9. The summed E-state index contributed by atoms with van der Waals surface area (Å²) in [5.74, 6) is 1.11. The van der Waals surface area contributed by atoms with Crippen molar-refractivity contribution in [3.63, 3.8) is 0 Å². The predicted molar refractivity (Wildman–Crippen MR) is 55.2 cm³/mol. The van der Waals surface area contributed by atoms with Crippen LogP contribution in [0.4, 0.5) is 0 Å². The number of ether oxygens (including phenoxy) is 1. The fraction of sp³-hybridized carbons (Fsp3) is 0.300. The topological polar surface area (TPSA) is 73.6 Å². The van der Waals surface area contributed by atoms with Crippen molar-refractivity contribution in [1.82, 2.24) is 0 Å². The second-order valence-corrected chi connectivity index (χ2v) is 3.28. The van der Waals surface area contributed by atoms with E-state index in [0.717, 1.165) is 24.3 Å². The highest BCUT2D eigenvalue weighted by Crippen LogP contribution is 2.25. The van der Waals surface area contributed by atoms with Crippen LogP contribution < -0.4 is 16.2 Å². The number of fused-ring (bicyclic) bond motifs is 1. The van der Waals surface area contributed by atoms with Gasteiger partial charge in [0, 0.05) is 6.42 Å². The van der Waals surface area contributed by atoms with Gasteiger partial charge in [0.05, 0.1) is 13.2 Å². The number of nitrogens with zero attached hydrogens (tertiary/aromatic N) is 1. The molecular weight excluding hydrogens is 178 g/mol. The zero-order chi connectivity index (χ0) is 9.97. The minimum Gasteiger partial charge on any atom is -0.493 e. The quantitative estimate of drug-likeness (QED) is 0.524. The molecule has 0 saturated carbocycles. The number of benzene rings is 1. The van der Waals surface area contributed by atoms with Gasteiger partial charge in [0.1, 0.15) is 5.75 Å². The first-order valence-corrected chi connectivity index (χ1v) is 4.56. The Kier molecular flexibility index (Phi) is 2.26. The Hall–Kier alpha value is -1.71. The summed E-state index contributed by atoms with van der Waals surface area (Å²) < 4.78 is 5.39. The van der Waals surface area contributed by atoms with Gasteiger partial charge in [-0.25, -0.2) is 4.99 Å². The van der Waals surface area contributed by atoms with Gasteiger partial charge in [0.25, 0.3) is 0 Å². The van der Waals surface area contributed by atoms with E-state index in [4.69, 9.17) is 16.2 Å². The van der Waals surface area contributed by atoms with E-state index in [1.165, 1.54) is 5.56 Å². The van der Waals surface area contributed by atoms with E-state index in [1.807, 2.05) is 12.1 Å². The molecule has 0 aromatic heterocycles. The average molecular weight is 191 g/mol. The predicted octanol–water partition coefficient (Wildman–Crippen LogP) is 0.395. The molecule has 0 fully saturated rings. The summed E-state index contributed by atoms with van der Waals surface area (Å²) in [4.78, 5) is 3.95. The molecule has 0 unspecified atom stereocenters. The van der Waals surface area contributed by atoms with Crippen molar-refractivity contribution in [2.45, 2.75) is 13.0 Å². The van der Waals surface area contributed by atoms with Gasteiger partial charge in [-0.2, -0.15) is 0 Å². The first-order valence-electron chi connectivity index (χ1n) is 4.56. The Balaban J connectivity index is 2.17. The summed E-state index contributed by atoms with van der Waals surface area (Å²) >= 11 is 0. The molecule has 0 amide bonds. The molecule has 0 saturated heterocycles. The Bertz CT molecular complexity index is 370. The number of rotatable bonds is 2. The highest BCUT2D eigenvalue weighted by Gasteiger charge is 2.11. The molecule has 2 rings (SSSR count). The number of guanidine groups is 1. The first-order chi connectivity index (χ1) is 6.75. The standard InChI is InChI=1S/C10H13N3O/c11-10(12)13-6-7-1-2-9-8(5-7)3-4-14-9/h1-2,5H,3-4,6H2,(H4,11,12,13). The van der Waals surface area contributed by atoms with Crippen LogP contribution in [-0.2, 0) is 13.0 Å². The highest BCUT2D eigenvalue weighted by atomic mass is 16.5. The molecule has 1 heterocycles. The Morgan fingerprint density at radius 1 is 1.43 bits per heavy atom. The number of aliphatic imine (C=N–C) groups is 1. The fourth-order valence-electron chi connectivity index (χ4n) is 1.52. The number of hydrogen-bond acceptors (Lipinski definition) is 2. The van der Waals surface area contributed by atoms with E-state index >= 15 is 0 Å². The molecule has 4 N–H and O–H groups in total. The minimum atomic E-state index is 0.127. The molecule has 0 bridgehead atoms. The first kappa shape index (κ1) is 8.87. The van der Waals surface area contributed by atoms with Crippen molar-refractivity contribution < 1.29 is 4.74 Å². The molecule has 0 spiro atoms. The van der Waals surface area contributed by atoms with Gasteiger partial charge < -0.3 is 16.2 Å². The van der Waals surface area contributed by atoms with E-state index < -0.39 is 0 Å². The average Bonchev–Trinajstić information content (AvgIpc) is 2.61. The third kappa shape index (κ3) is 1.79. The largest absolute Gasteiger partial charge is 0.493 e. The molecule has 0 atom stereocenters. The van der Waals surface area contributed by atoms with Crippen molar-refractivity contribution in [2.24, 2.45) is 16.5 Å². The fourth-order valence-corrected chi connectivity index (χ4v) is 1.52. The monoisotopic (exact) mass is 191 g/mol. The number of nitrogens with two attached hydrogens (primary N) is 2. The van der Waals surface area contributed by atoms with Gasteiger partial charge in [-0.1, -0.05) is 12.1 Å². The molecular formula is C10H13N3O. The van der Waals surface area contributed by atoms with Crippen molar-refractivity contribution in [1.29, 1.82) is 0 Å². The second-order valence-electron chi connectivity index (χ2n) is 3.28. The summed E-state index contributed by atoms with van der Waals surface area (Å²) in [6.07, 6.45) is 0.977. The van der Waals surface area contributed by atoms with Gasteiger partial charge in [0.15, 0.2) is 5.96 Å². The van der Waals surface area contributed by atoms with Gasteiger partial charge in [-0.3, -0.25) is 0 Å². The lowest BCUT2D eigenvalue weighted by atomic mass is 10.1. The summed E-state index contributed by atoms with van der Waals surface area (Å²) in [6.45, 7) is 1.32. The van der Waals surface area contributed by atoms with Crippen LogP contribution in [0.1, 0.15) is 11.1 Å². The molecule has 1 aliphatic heterocycles. The molecule has 4 heteroatoms. The molecule has 0 radical (unpaired) electrons. The Labute approximate surface area is 82.6 Å². The van der Waals surface area contributed by atoms with Crippen LogP contribution in [0.2, 0.25) is 0 Å². The smallest absolute Gasteiger partial charge is 0.186 e. The lowest BCUT2D eigenvalue weighted by molar-refractivity contribution is 0.357. The van der Waals surface area contributed by atoms with Crippen molar-refractivity contribution in [3.05, 3.63) is 29.3 Å². The molecule has 74 valence electrons. The van der Waals surface area contributed by atoms with Crippen LogP contribution in [-0.4, -0.2) is 12.6 Å². The van der Waals surface area contributed by atoms with Crippen LogP contribution in [0.3, 0.4) is 0 Å². The lowest BCUT2D eigenvalue weighted by Crippen LogP contribution is -2.22. The van der Waals surface area contributed by atoms with E-state index in [2.05, 4.69) is 11.1 Å². The summed E-state index contributed by atoms with van der Waals surface area (Å²) in [7, 11) is 0. The van der Waals surface area contributed by atoms with Crippen LogP contribution >= 0.6 is 0 Å². The van der Waals surface area contributed by atoms with Crippen LogP contribution in [0.25, 0.3) is 0 Å². The van der Waals surface area contributed by atoms with Crippen LogP contribution in [0.15, 0.2) is 23.2 Å². The molecule has 0 aliphatic carbocycles. The molecule has 1 aromatic carbocycles. The summed E-state index contributed by atoms with van der Waals surface area (Å²) in [5, 5.41) is 0. The minimum absolute atomic E-state index is 0.127. The zero-order valence-electron chi connectivity index (χ0n) is 7.86. The van der Waals surface area contributed by atoms with Crippen LogP contribution in [0, 0.1) is 0 Å². The maximum atomic E-state index is 5.39. The van der Waals surface area contributed by atoms with Crippen molar-refractivity contribution in [3.8, 4) is 5.75 Å². The normalized spacial score (nSPS) is 13.1. The van der Waals surface area contributed by atoms with E-state index in [9.17, 15) is 0 Å². The maximum Gasteiger partial charge on any atom is 0.186 e. The third-order valence-corrected chi connectivity index (χ3v) is 2.20. The van der Waals surface area contributed by atoms with E-state index in [-0.39, 0.29) is 5.96 Å². The maximum absolute atomic E-state index is 5.39. The van der Waals surface area contributed by atoms with Gasteiger partial charge >= 0.3 is 0 Å². The Morgan fingerprint density at radius 2 is 2.29 bits per heavy atom. The second kappa shape index (κ2) is 3.57. The zero-order valence-corrected chi connectivity index (χ0v) is 7.86. The summed E-state index contributed by atoms with van der Waals surface area (Å²) in [6, 6.07) is 6.05. The van der Waals surface area contributed by atoms with E-state index in [0.29, 0.717) is 6.54 Å². The van der Waals surface area contributed by atoms with Gasteiger partial charge in [-0.15, -0.1) is 0 Å². The third-order valence-electron chi connectivity index (χ3n) is 2.20. The molecule has 4 nitrogen and oxygen atoms in total. The van der Waals surface area contributed by atoms with Gasteiger partial charge in [-0.05, 0) is 17.2 Å². The van der Waals surface area contributed by atoms with Crippen molar-refractivity contribution >= 4 is 5.96 Å².